The standard InChI is InChI=1S/C42H74N2O9/c1-25(2)10-9-11-27(5)31-14-15-32-30-13-12-28-22-29(16-18-41(28,6)33(30)17-19-42(31,32)7)44(40(51)38(49)37(48)36(47)35(46)23-45)34(24-53-21-20-52-8)39(50)43-26(3)4/h12,25-27,29-38,45-49H,9-11,13-24H2,1-8H3,(H,43,50)/t27-,29?,30+,31-,32+,33+,34?,35-,36-,37+,38-,41+,42-/m1/s1. The van der Waals surface area contributed by atoms with Gasteiger partial charge in [-0.05, 0) is 112 Å². The molecule has 3 fully saturated rings. The monoisotopic (exact) mass is 751 g/mol. The summed E-state index contributed by atoms with van der Waals surface area (Å²) in [5.74, 6) is 2.75. The number of ether oxygens (including phenoxy) is 2. The average Bonchev–Trinajstić information content (AvgIpc) is 3.48. The molecule has 0 aliphatic heterocycles. The van der Waals surface area contributed by atoms with E-state index in [1.54, 1.807) is 7.11 Å². The van der Waals surface area contributed by atoms with E-state index in [0.717, 1.165) is 30.6 Å². The molecule has 4 aliphatic rings. The first-order valence-corrected chi connectivity index (χ1v) is 20.7. The van der Waals surface area contributed by atoms with Gasteiger partial charge in [-0.1, -0.05) is 65.5 Å². The Kier molecular flexibility index (Phi) is 15.8. The Morgan fingerprint density at radius 2 is 1.66 bits per heavy atom. The minimum absolute atomic E-state index is 0.0410. The molecule has 0 aromatic rings. The molecule has 0 saturated heterocycles. The summed E-state index contributed by atoms with van der Waals surface area (Å²) in [5.41, 5.74) is 1.62. The zero-order valence-corrected chi connectivity index (χ0v) is 34.0. The molecule has 0 heterocycles. The van der Waals surface area contributed by atoms with Gasteiger partial charge in [-0.3, -0.25) is 9.59 Å². The summed E-state index contributed by atoms with van der Waals surface area (Å²) in [6, 6.07) is -1.85. The second-order valence-electron chi connectivity index (χ2n) is 18.4. The Morgan fingerprint density at radius 1 is 0.943 bits per heavy atom. The number of fused-ring (bicyclic) bond motifs is 5. The molecule has 0 spiro atoms. The predicted octanol–water partition coefficient (Wildman–Crippen LogP) is 4.22. The van der Waals surface area contributed by atoms with Crippen molar-refractivity contribution in [1.82, 2.24) is 10.2 Å². The van der Waals surface area contributed by atoms with Gasteiger partial charge in [0.25, 0.3) is 5.91 Å². The average molecular weight is 751 g/mol. The summed E-state index contributed by atoms with van der Waals surface area (Å²) in [4.78, 5) is 29.5. The molecule has 2 unspecified atom stereocenters. The molecule has 0 aromatic heterocycles. The zero-order chi connectivity index (χ0) is 39.2. The van der Waals surface area contributed by atoms with Crippen molar-refractivity contribution in [2.24, 2.45) is 46.3 Å². The molecule has 0 radical (unpaired) electrons. The van der Waals surface area contributed by atoms with Gasteiger partial charge in [0.05, 0.1) is 26.4 Å². The van der Waals surface area contributed by atoms with E-state index in [1.807, 2.05) is 13.8 Å². The molecule has 306 valence electrons. The number of hydrogen-bond donors (Lipinski definition) is 6. The molecule has 11 nitrogen and oxygen atoms in total. The first kappa shape index (κ1) is 44.1. The summed E-state index contributed by atoms with van der Waals surface area (Å²) < 4.78 is 11.0. The fourth-order valence-electron chi connectivity index (χ4n) is 11.3. The number of carbonyl (C=O) groups is 2. The Hall–Kier alpha value is -1.60. The largest absolute Gasteiger partial charge is 0.394 e. The van der Waals surface area contributed by atoms with Crippen LogP contribution in [0.25, 0.3) is 0 Å². The second-order valence-corrected chi connectivity index (χ2v) is 18.4. The van der Waals surface area contributed by atoms with Crippen LogP contribution in [0.15, 0.2) is 11.6 Å². The number of amides is 2. The van der Waals surface area contributed by atoms with E-state index in [2.05, 4.69) is 46.0 Å². The van der Waals surface area contributed by atoms with Gasteiger partial charge in [0, 0.05) is 19.2 Å². The minimum atomic E-state index is -2.16. The SMILES string of the molecule is COCCOCC(C(=O)NC(C)C)N(C(=O)[C@H](O)[C@@H](O)[C@H](O)[C@H](O)CO)C1CC[C@@]2(C)C(=CC[C@H]3[C@@H]4CC[C@H]([C@H](C)CCCC(C)C)[C@@]4(C)CC[C@@H]32)C1. The van der Waals surface area contributed by atoms with Crippen LogP contribution in [-0.2, 0) is 19.1 Å². The van der Waals surface area contributed by atoms with E-state index in [0.29, 0.717) is 36.0 Å². The number of methoxy groups -OCH3 is 1. The number of rotatable bonds is 19. The lowest BCUT2D eigenvalue weighted by Crippen LogP contribution is -2.63. The summed E-state index contributed by atoms with van der Waals surface area (Å²) in [6.07, 6.45) is 6.36. The van der Waals surface area contributed by atoms with E-state index < -0.39 is 54.9 Å². The van der Waals surface area contributed by atoms with Gasteiger partial charge >= 0.3 is 0 Å². The van der Waals surface area contributed by atoms with Crippen molar-refractivity contribution in [1.29, 1.82) is 0 Å². The maximum Gasteiger partial charge on any atom is 0.255 e. The molecule has 53 heavy (non-hydrogen) atoms. The van der Waals surface area contributed by atoms with Crippen molar-refractivity contribution in [2.75, 3.05) is 33.5 Å². The number of aliphatic hydroxyl groups is 5. The highest BCUT2D eigenvalue weighted by atomic mass is 16.5. The van der Waals surface area contributed by atoms with E-state index in [4.69, 9.17) is 9.47 Å². The summed E-state index contributed by atoms with van der Waals surface area (Å²) >= 11 is 0. The Bertz CT molecular complexity index is 1230. The van der Waals surface area contributed by atoms with Gasteiger partial charge in [-0.15, -0.1) is 0 Å². The van der Waals surface area contributed by atoms with Crippen LogP contribution in [0.3, 0.4) is 0 Å². The van der Waals surface area contributed by atoms with Crippen molar-refractivity contribution in [3.05, 3.63) is 11.6 Å². The molecular formula is C42H74N2O9. The molecular weight excluding hydrogens is 676 g/mol. The topological polar surface area (TPSA) is 169 Å². The van der Waals surface area contributed by atoms with E-state index in [-0.39, 0.29) is 31.3 Å². The molecule has 13 atom stereocenters. The molecule has 6 N–H and O–H groups in total. The summed E-state index contributed by atoms with van der Waals surface area (Å²) in [5, 5.41) is 54.7. The van der Waals surface area contributed by atoms with Crippen molar-refractivity contribution in [3.8, 4) is 0 Å². The third-order valence-electron chi connectivity index (χ3n) is 14.2. The molecule has 3 saturated carbocycles. The molecule has 0 aromatic carbocycles. The third-order valence-corrected chi connectivity index (χ3v) is 14.2. The second kappa shape index (κ2) is 19.0. The number of aliphatic hydroxyl groups excluding tert-OH is 5. The highest BCUT2D eigenvalue weighted by molar-refractivity contribution is 5.90. The smallest absolute Gasteiger partial charge is 0.255 e. The Balaban J connectivity index is 1.61. The number of nitrogens with one attached hydrogen (secondary N) is 1. The van der Waals surface area contributed by atoms with E-state index in [1.165, 1.54) is 55.4 Å². The molecule has 0 bridgehead atoms. The van der Waals surface area contributed by atoms with Crippen LogP contribution < -0.4 is 5.32 Å². The number of nitrogens with zero attached hydrogens (tertiary/aromatic N) is 1. The molecule has 4 aliphatic carbocycles. The first-order valence-electron chi connectivity index (χ1n) is 20.7. The van der Waals surface area contributed by atoms with Crippen molar-refractivity contribution < 1.29 is 44.6 Å². The fourth-order valence-corrected chi connectivity index (χ4v) is 11.3. The maximum absolute atomic E-state index is 14.3. The molecule has 4 rings (SSSR count). The first-order chi connectivity index (χ1) is 25.0. The van der Waals surface area contributed by atoms with Crippen LogP contribution in [0.2, 0.25) is 0 Å². The number of carbonyl (C=O) groups excluding carboxylic acids is 2. The molecule has 2 amide bonds. The van der Waals surface area contributed by atoms with Crippen LogP contribution in [0, 0.1) is 46.3 Å². The van der Waals surface area contributed by atoms with Gasteiger partial charge in [0.15, 0.2) is 6.10 Å². The normalized spacial score (nSPS) is 33.2. The number of hydrogen-bond acceptors (Lipinski definition) is 9. The zero-order valence-electron chi connectivity index (χ0n) is 34.0. The maximum atomic E-state index is 14.3. The van der Waals surface area contributed by atoms with Crippen molar-refractivity contribution in [2.45, 2.75) is 162 Å². The summed E-state index contributed by atoms with van der Waals surface area (Å²) in [6.45, 7) is 15.2. The highest BCUT2D eigenvalue weighted by Crippen LogP contribution is 2.67. The fraction of sp³-hybridized carbons (Fsp3) is 0.905. The predicted molar refractivity (Wildman–Crippen MR) is 205 cm³/mol. The Labute approximate surface area is 319 Å². The van der Waals surface area contributed by atoms with Crippen molar-refractivity contribution in [3.63, 3.8) is 0 Å². The van der Waals surface area contributed by atoms with Gasteiger partial charge < -0.3 is 45.2 Å². The Morgan fingerprint density at radius 3 is 2.30 bits per heavy atom. The molecule has 11 heteroatoms. The van der Waals surface area contributed by atoms with Crippen molar-refractivity contribution >= 4 is 11.8 Å². The van der Waals surface area contributed by atoms with E-state index in [9.17, 15) is 35.1 Å². The third kappa shape index (κ3) is 9.69. The van der Waals surface area contributed by atoms with Gasteiger partial charge in [-0.25, -0.2) is 0 Å². The van der Waals surface area contributed by atoms with Crippen LogP contribution >= 0.6 is 0 Å². The van der Waals surface area contributed by atoms with Crippen LogP contribution in [0.1, 0.15) is 119 Å². The lowest BCUT2D eigenvalue weighted by Gasteiger charge is -2.59. The highest BCUT2D eigenvalue weighted by Gasteiger charge is 2.59. The number of allylic oxidation sites excluding steroid dienone is 1. The van der Waals surface area contributed by atoms with Gasteiger partial charge in [0.1, 0.15) is 24.4 Å². The quantitative estimate of drug-likeness (QED) is 0.0837. The van der Waals surface area contributed by atoms with E-state index >= 15 is 0 Å². The lowest BCUT2D eigenvalue weighted by molar-refractivity contribution is -0.168. The lowest BCUT2D eigenvalue weighted by atomic mass is 9.46. The van der Waals surface area contributed by atoms with Gasteiger partial charge in [0.2, 0.25) is 5.91 Å². The van der Waals surface area contributed by atoms with Crippen LogP contribution in [0.4, 0.5) is 0 Å². The van der Waals surface area contributed by atoms with Gasteiger partial charge in [-0.2, -0.15) is 0 Å². The summed E-state index contributed by atoms with van der Waals surface area (Å²) in [7, 11) is 1.54. The van der Waals surface area contributed by atoms with Crippen LogP contribution in [-0.4, -0.2) is 118 Å². The minimum Gasteiger partial charge on any atom is -0.394 e. The van der Waals surface area contributed by atoms with Crippen LogP contribution in [0.5, 0.6) is 0 Å².